The zero-order valence-corrected chi connectivity index (χ0v) is 19.1. The van der Waals surface area contributed by atoms with E-state index in [-0.39, 0.29) is 11.1 Å². The standard InChI is InChI=1S/C24H36N2OSi/c1-24(2,3)28(4,5)27-19-22-18-25-16-17-26(22)23(20-12-8-6-9-13-20)21-14-10-7-11-15-21/h6-15,22-23,25H,16-19H2,1-5H3. The Morgan fingerprint density at radius 3 is 2.04 bits per heavy atom. The summed E-state index contributed by atoms with van der Waals surface area (Å²) in [5, 5.41) is 3.83. The van der Waals surface area contributed by atoms with Gasteiger partial charge in [-0.25, -0.2) is 0 Å². The van der Waals surface area contributed by atoms with Crippen molar-refractivity contribution in [2.75, 3.05) is 26.2 Å². The van der Waals surface area contributed by atoms with Gasteiger partial charge in [0.1, 0.15) is 0 Å². The second-order valence-corrected chi connectivity index (χ2v) is 14.2. The summed E-state index contributed by atoms with van der Waals surface area (Å²) in [6.07, 6.45) is 0. The molecule has 1 aliphatic heterocycles. The molecule has 4 heteroatoms. The minimum absolute atomic E-state index is 0.234. The highest BCUT2D eigenvalue weighted by Gasteiger charge is 2.39. The highest BCUT2D eigenvalue weighted by Crippen LogP contribution is 2.37. The van der Waals surface area contributed by atoms with Crippen LogP contribution in [0.25, 0.3) is 0 Å². The van der Waals surface area contributed by atoms with Crippen LogP contribution in [-0.4, -0.2) is 45.5 Å². The number of benzene rings is 2. The van der Waals surface area contributed by atoms with Gasteiger partial charge >= 0.3 is 0 Å². The van der Waals surface area contributed by atoms with Crippen molar-refractivity contribution in [3.63, 3.8) is 0 Å². The molecule has 2 aromatic carbocycles. The molecule has 0 spiro atoms. The molecular formula is C24H36N2OSi. The minimum atomic E-state index is -1.77. The van der Waals surface area contributed by atoms with Crippen molar-refractivity contribution < 1.29 is 4.43 Å². The molecule has 3 nitrogen and oxygen atoms in total. The van der Waals surface area contributed by atoms with Crippen LogP contribution in [0.2, 0.25) is 18.1 Å². The van der Waals surface area contributed by atoms with Crippen LogP contribution in [0, 0.1) is 0 Å². The highest BCUT2D eigenvalue weighted by molar-refractivity contribution is 6.74. The first-order valence-electron chi connectivity index (χ1n) is 10.5. The Morgan fingerprint density at radius 2 is 1.54 bits per heavy atom. The molecule has 1 saturated heterocycles. The van der Waals surface area contributed by atoms with Crippen molar-refractivity contribution in [1.29, 1.82) is 0 Å². The Kier molecular flexibility index (Phi) is 6.76. The predicted octanol–water partition coefficient (Wildman–Crippen LogP) is 5.07. The smallest absolute Gasteiger partial charge is 0.192 e. The zero-order chi connectivity index (χ0) is 20.2. The minimum Gasteiger partial charge on any atom is -0.415 e. The van der Waals surface area contributed by atoms with Crippen LogP contribution in [0.15, 0.2) is 60.7 Å². The molecule has 0 saturated carbocycles. The van der Waals surface area contributed by atoms with Gasteiger partial charge in [0, 0.05) is 25.7 Å². The van der Waals surface area contributed by atoms with Gasteiger partial charge in [-0.1, -0.05) is 81.4 Å². The number of nitrogens with one attached hydrogen (secondary N) is 1. The summed E-state index contributed by atoms with van der Waals surface area (Å²) in [6.45, 7) is 15.4. The summed E-state index contributed by atoms with van der Waals surface area (Å²) < 4.78 is 6.64. The summed E-state index contributed by atoms with van der Waals surface area (Å²) in [5.74, 6) is 0. The largest absolute Gasteiger partial charge is 0.415 e. The van der Waals surface area contributed by atoms with E-state index in [0.29, 0.717) is 6.04 Å². The average molecular weight is 397 g/mol. The van der Waals surface area contributed by atoms with Crippen molar-refractivity contribution in [3.05, 3.63) is 71.8 Å². The molecule has 0 aromatic heterocycles. The molecule has 28 heavy (non-hydrogen) atoms. The number of hydrogen-bond acceptors (Lipinski definition) is 3. The first-order valence-corrected chi connectivity index (χ1v) is 13.4. The molecule has 2 aromatic rings. The molecule has 0 radical (unpaired) electrons. The summed E-state index contributed by atoms with van der Waals surface area (Å²) >= 11 is 0. The maximum Gasteiger partial charge on any atom is 0.192 e. The third kappa shape index (κ3) is 4.92. The molecule has 1 atom stereocenters. The fourth-order valence-corrected chi connectivity index (χ4v) is 4.68. The monoisotopic (exact) mass is 396 g/mol. The van der Waals surface area contributed by atoms with Crippen molar-refractivity contribution in [1.82, 2.24) is 10.2 Å². The molecule has 1 N–H and O–H groups in total. The number of hydrogen-bond donors (Lipinski definition) is 1. The lowest BCUT2D eigenvalue weighted by Crippen LogP contribution is -2.56. The molecule has 1 heterocycles. The van der Waals surface area contributed by atoms with Crippen LogP contribution in [0.3, 0.4) is 0 Å². The van der Waals surface area contributed by atoms with E-state index in [1.807, 2.05) is 0 Å². The van der Waals surface area contributed by atoms with E-state index in [0.717, 1.165) is 26.2 Å². The topological polar surface area (TPSA) is 24.5 Å². The van der Waals surface area contributed by atoms with Crippen molar-refractivity contribution >= 4 is 8.32 Å². The Bertz CT molecular complexity index is 688. The summed E-state index contributed by atoms with van der Waals surface area (Å²) in [4.78, 5) is 2.65. The van der Waals surface area contributed by atoms with Gasteiger partial charge in [0.25, 0.3) is 0 Å². The van der Waals surface area contributed by atoms with Gasteiger partial charge in [0.15, 0.2) is 8.32 Å². The van der Waals surface area contributed by atoms with E-state index in [1.54, 1.807) is 0 Å². The van der Waals surface area contributed by atoms with Crippen LogP contribution in [0.1, 0.15) is 37.9 Å². The van der Waals surface area contributed by atoms with Crippen LogP contribution < -0.4 is 5.32 Å². The summed E-state index contributed by atoms with van der Waals surface area (Å²) in [7, 11) is -1.77. The molecular weight excluding hydrogens is 360 g/mol. The summed E-state index contributed by atoms with van der Waals surface area (Å²) in [6, 6.07) is 22.4. The highest BCUT2D eigenvalue weighted by atomic mass is 28.4. The van der Waals surface area contributed by atoms with Gasteiger partial charge in [-0.3, -0.25) is 4.90 Å². The maximum atomic E-state index is 6.64. The van der Waals surface area contributed by atoms with Gasteiger partial charge in [0.05, 0.1) is 12.6 Å². The third-order valence-corrected chi connectivity index (χ3v) is 10.9. The van der Waals surface area contributed by atoms with Crippen LogP contribution >= 0.6 is 0 Å². The van der Waals surface area contributed by atoms with E-state index >= 15 is 0 Å². The van der Waals surface area contributed by atoms with Gasteiger partial charge in [-0.05, 0) is 29.3 Å². The van der Waals surface area contributed by atoms with E-state index in [2.05, 4.69) is 105 Å². The predicted molar refractivity (Wildman–Crippen MR) is 121 cm³/mol. The van der Waals surface area contributed by atoms with Gasteiger partial charge in [0.2, 0.25) is 0 Å². The van der Waals surface area contributed by atoms with Crippen molar-refractivity contribution in [3.8, 4) is 0 Å². The first kappa shape index (κ1) is 21.3. The number of rotatable bonds is 6. The molecule has 3 rings (SSSR count). The zero-order valence-electron chi connectivity index (χ0n) is 18.1. The molecule has 0 bridgehead atoms. The van der Waals surface area contributed by atoms with Crippen LogP contribution in [-0.2, 0) is 4.43 Å². The Morgan fingerprint density at radius 1 is 1.00 bits per heavy atom. The quantitative estimate of drug-likeness (QED) is 0.690. The average Bonchev–Trinajstić information content (AvgIpc) is 2.68. The van der Waals surface area contributed by atoms with Crippen LogP contribution in [0.4, 0.5) is 0 Å². The second-order valence-electron chi connectivity index (χ2n) is 9.39. The molecule has 1 unspecified atom stereocenters. The Hall–Kier alpha value is -1.46. The maximum absolute atomic E-state index is 6.64. The van der Waals surface area contributed by atoms with Gasteiger partial charge < -0.3 is 9.74 Å². The fraction of sp³-hybridized carbons (Fsp3) is 0.500. The molecule has 0 amide bonds. The van der Waals surface area contributed by atoms with E-state index in [9.17, 15) is 0 Å². The number of piperazine rings is 1. The normalized spacial score (nSPS) is 19.1. The van der Waals surface area contributed by atoms with Crippen LogP contribution in [0.5, 0.6) is 0 Å². The third-order valence-electron chi connectivity index (χ3n) is 6.40. The first-order chi connectivity index (χ1) is 13.3. The second kappa shape index (κ2) is 8.91. The summed E-state index contributed by atoms with van der Waals surface area (Å²) in [5.41, 5.74) is 2.71. The van der Waals surface area contributed by atoms with E-state index in [1.165, 1.54) is 11.1 Å². The van der Waals surface area contributed by atoms with Gasteiger partial charge in [-0.2, -0.15) is 0 Å². The Labute approximate surface area is 172 Å². The molecule has 1 aliphatic rings. The van der Waals surface area contributed by atoms with E-state index in [4.69, 9.17) is 4.43 Å². The van der Waals surface area contributed by atoms with E-state index < -0.39 is 8.32 Å². The molecule has 152 valence electrons. The lowest BCUT2D eigenvalue weighted by Gasteiger charge is -2.44. The van der Waals surface area contributed by atoms with Gasteiger partial charge in [-0.15, -0.1) is 0 Å². The SMILES string of the molecule is CC(C)(C)[Si](C)(C)OCC1CNCCN1C(c1ccccc1)c1ccccc1. The number of nitrogens with zero attached hydrogens (tertiary/aromatic N) is 1. The molecule has 0 aliphatic carbocycles. The lowest BCUT2D eigenvalue weighted by atomic mass is 9.95. The van der Waals surface area contributed by atoms with Crippen molar-refractivity contribution in [2.45, 2.75) is 51.0 Å². The molecule has 1 fully saturated rings. The fourth-order valence-electron chi connectivity index (χ4n) is 3.64. The van der Waals surface area contributed by atoms with Crippen molar-refractivity contribution in [2.24, 2.45) is 0 Å². The lowest BCUT2D eigenvalue weighted by molar-refractivity contribution is 0.0794. The Balaban J connectivity index is 1.87.